The van der Waals surface area contributed by atoms with Crippen molar-refractivity contribution in [3.05, 3.63) is 71.0 Å². The number of ether oxygens (including phenoxy) is 1. The Morgan fingerprint density at radius 3 is 2.10 bits per heavy atom. The van der Waals surface area contributed by atoms with Crippen LogP contribution in [0.3, 0.4) is 0 Å². The highest BCUT2D eigenvalue weighted by atomic mass is 28.3. The molecule has 0 saturated carbocycles. The second-order valence-electron chi connectivity index (χ2n) is 16.1. The molecule has 1 aliphatic heterocycles. The molecule has 50 heavy (non-hydrogen) atoms. The summed E-state index contributed by atoms with van der Waals surface area (Å²) in [6, 6.07) is 9.20. The highest BCUT2D eigenvalue weighted by Gasteiger charge is 2.50. The molecule has 1 fully saturated rings. The van der Waals surface area contributed by atoms with Gasteiger partial charge in [0.15, 0.2) is 0 Å². The second kappa shape index (κ2) is 15.3. The maximum Gasteiger partial charge on any atom is 0.410 e. The van der Waals surface area contributed by atoms with Crippen molar-refractivity contribution in [3.63, 3.8) is 0 Å². The van der Waals surface area contributed by atoms with Gasteiger partial charge in [-0.1, -0.05) is 64.2 Å². The molecule has 4 amide bonds. The number of hydrogen-bond acceptors (Lipinski definition) is 6. The number of carboxylic acid groups (broad SMARTS) is 1. The van der Waals surface area contributed by atoms with E-state index in [-0.39, 0.29) is 18.0 Å². The van der Waals surface area contributed by atoms with Crippen LogP contribution in [0.4, 0.5) is 9.18 Å². The first-order valence-electron chi connectivity index (χ1n) is 16.9. The summed E-state index contributed by atoms with van der Waals surface area (Å²) in [6.45, 7) is 18.2. The van der Waals surface area contributed by atoms with Crippen molar-refractivity contribution >= 4 is 37.9 Å². The van der Waals surface area contributed by atoms with E-state index in [9.17, 15) is 29.1 Å². The summed E-state index contributed by atoms with van der Waals surface area (Å²) in [7, 11) is -0.707. The Morgan fingerprint density at radius 1 is 1.00 bits per heavy atom. The van der Waals surface area contributed by atoms with Gasteiger partial charge < -0.3 is 25.0 Å². The van der Waals surface area contributed by atoms with E-state index in [1.54, 1.807) is 69.9 Å². The highest BCUT2D eigenvalue weighted by molar-refractivity contribution is 6.79. The molecule has 2 aromatic carbocycles. The van der Waals surface area contributed by atoms with E-state index < -0.39 is 73.0 Å². The lowest BCUT2D eigenvalue weighted by Gasteiger charge is -2.39. The zero-order valence-electron chi connectivity index (χ0n) is 31.2. The summed E-state index contributed by atoms with van der Waals surface area (Å²) in [5, 5.41) is 12.2. The first-order valence-corrected chi connectivity index (χ1v) is 20.3. The van der Waals surface area contributed by atoms with E-state index in [0.29, 0.717) is 23.3 Å². The van der Waals surface area contributed by atoms with Gasteiger partial charge in [0.25, 0.3) is 0 Å². The summed E-state index contributed by atoms with van der Waals surface area (Å²) in [5.41, 5.74) is -0.500. The number of halogens is 1. The number of aromatic carboxylic acids is 1. The molecular weight excluding hydrogens is 660 g/mol. The van der Waals surface area contributed by atoms with Gasteiger partial charge in [0.1, 0.15) is 29.5 Å². The van der Waals surface area contributed by atoms with Crippen molar-refractivity contribution in [1.82, 2.24) is 20.0 Å². The minimum atomic E-state index is -2.16. The number of carbonyl (C=O) groups is 5. The number of amides is 4. The van der Waals surface area contributed by atoms with E-state index in [2.05, 4.69) is 18.4 Å². The van der Waals surface area contributed by atoms with Gasteiger partial charge in [0, 0.05) is 25.3 Å². The number of benzene rings is 2. The van der Waals surface area contributed by atoms with Crippen LogP contribution in [0.1, 0.15) is 82.9 Å². The molecular formula is C37H53FN4O7Si. The molecule has 1 saturated heterocycles. The normalized spacial score (nSPS) is 17.7. The van der Waals surface area contributed by atoms with Gasteiger partial charge in [-0.3, -0.25) is 19.3 Å². The molecule has 2 aromatic rings. The fourth-order valence-electron chi connectivity index (χ4n) is 6.00. The Bertz CT molecular complexity index is 1590. The van der Waals surface area contributed by atoms with Crippen molar-refractivity contribution in [1.29, 1.82) is 0 Å². The minimum Gasteiger partial charge on any atom is -0.478 e. The number of hydrogen-bond donors (Lipinski definition) is 2. The summed E-state index contributed by atoms with van der Waals surface area (Å²) in [5.74, 6) is -2.90. The summed E-state index contributed by atoms with van der Waals surface area (Å²) in [4.78, 5) is 71.3. The molecule has 4 atom stereocenters. The van der Waals surface area contributed by atoms with Crippen molar-refractivity contribution in [2.45, 2.75) is 111 Å². The van der Waals surface area contributed by atoms with Gasteiger partial charge in [-0.2, -0.15) is 0 Å². The molecule has 0 bridgehead atoms. The smallest absolute Gasteiger partial charge is 0.410 e. The van der Waals surface area contributed by atoms with Crippen molar-refractivity contribution < 1.29 is 38.2 Å². The third-order valence-corrected chi connectivity index (χ3v) is 11.7. The molecule has 0 aliphatic carbocycles. The zero-order chi connectivity index (χ0) is 37.9. The molecule has 3 rings (SSSR count). The minimum absolute atomic E-state index is 0.0443. The topological polar surface area (TPSA) is 137 Å². The van der Waals surface area contributed by atoms with Crippen LogP contribution in [0.5, 0.6) is 0 Å². The molecule has 1 heterocycles. The van der Waals surface area contributed by atoms with Crippen LogP contribution in [0, 0.1) is 11.2 Å². The third-order valence-electron chi connectivity index (χ3n) is 8.99. The van der Waals surface area contributed by atoms with Gasteiger partial charge in [0.05, 0.1) is 19.7 Å². The van der Waals surface area contributed by atoms with Crippen LogP contribution < -0.4 is 5.32 Å². The average molecular weight is 713 g/mol. The molecule has 0 aromatic heterocycles. The molecule has 0 radical (unpaired) electrons. The molecule has 274 valence electrons. The largest absolute Gasteiger partial charge is 0.478 e. The molecule has 1 aliphatic rings. The van der Waals surface area contributed by atoms with Gasteiger partial charge in [-0.05, 0) is 69.8 Å². The molecule has 0 spiro atoms. The SMILES string of the molecule is CC(C(=O)NC(C(=O)N1C[Si](C)(C)CC1C(=O)N(Cc1ccc(C(=O)O)cc1)C(C)c1ccccc1F)C(C)(C)C)N(C)C(=O)OC(C)(C)C. The van der Waals surface area contributed by atoms with E-state index in [1.165, 1.54) is 35.0 Å². The Morgan fingerprint density at radius 2 is 1.58 bits per heavy atom. The van der Waals surface area contributed by atoms with Gasteiger partial charge in [-0.15, -0.1) is 0 Å². The number of nitrogens with zero attached hydrogens (tertiary/aromatic N) is 3. The van der Waals surface area contributed by atoms with E-state index >= 15 is 4.39 Å². The maximum absolute atomic E-state index is 15.1. The maximum atomic E-state index is 15.1. The standard InChI is InChI=1S/C37H53FN4O7Si/c1-23(27-14-12-13-15-28(27)38)41(20-25-16-18-26(19-17-25)34(46)47)32(44)29-21-50(10,11)22-42(29)33(45)30(36(3,4)5)39-31(43)24(2)40(9)35(48)49-37(6,7)8/h12-19,23-24,29-30H,20-22H2,1-11H3,(H,39,43)(H,46,47). The summed E-state index contributed by atoms with van der Waals surface area (Å²) in [6.07, 6.45) is -0.314. The van der Waals surface area contributed by atoms with Crippen LogP contribution in [-0.2, 0) is 25.7 Å². The molecule has 4 unspecified atom stereocenters. The fraction of sp³-hybridized carbons (Fsp3) is 0.541. The van der Waals surface area contributed by atoms with Crippen LogP contribution in [0.2, 0.25) is 19.1 Å². The highest BCUT2D eigenvalue weighted by Crippen LogP contribution is 2.34. The molecule has 11 nitrogen and oxygen atoms in total. The van der Waals surface area contributed by atoms with Gasteiger partial charge in [0.2, 0.25) is 17.7 Å². The zero-order valence-corrected chi connectivity index (χ0v) is 32.2. The first kappa shape index (κ1) is 40.2. The summed E-state index contributed by atoms with van der Waals surface area (Å²) < 4.78 is 20.5. The van der Waals surface area contributed by atoms with E-state index in [4.69, 9.17) is 4.74 Å². The van der Waals surface area contributed by atoms with E-state index in [1.807, 2.05) is 20.8 Å². The van der Waals surface area contributed by atoms with Crippen LogP contribution in [0.15, 0.2) is 48.5 Å². The molecule has 2 N–H and O–H groups in total. The lowest BCUT2D eigenvalue weighted by Crippen LogP contribution is -2.60. The fourth-order valence-corrected chi connectivity index (χ4v) is 8.86. The second-order valence-corrected chi connectivity index (χ2v) is 21.1. The lowest BCUT2D eigenvalue weighted by molar-refractivity contribution is -0.148. The van der Waals surface area contributed by atoms with Gasteiger partial charge in [-0.25, -0.2) is 14.0 Å². The van der Waals surface area contributed by atoms with E-state index in [0.717, 1.165) is 0 Å². The Balaban J connectivity index is 1.98. The van der Waals surface area contributed by atoms with Crippen molar-refractivity contribution in [3.8, 4) is 0 Å². The Hall–Kier alpha value is -4.26. The number of nitrogens with one attached hydrogen (secondary N) is 1. The van der Waals surface area contributed by atoms with Crippen LogP contribution in [0.25, 0.3) is 0 Å². The number of likely N-dealkylation sites (N-methyl/N-ethyl adjacent to an activating group) is 1. The predicted octanol–water partition coefficient (Wildman–Crippen LogP) is 5.86. The predicted molar refractivity (Wildman–Crippen MR) is 191 cm³/mol. The van der Waals surface area contributed by atoms with Crippen LogP contribution >= 0.6 is 0 Å². The first-order chi connectivity index (χ1) is 22.9. The number of carbonyl (C=O) groups excluding carboxylic acids is 4. The Labute approximate surface area is 296 Å². The monoisotopic (exact) mass is 712 g/mol. The number of carboxylic acids is 1. The third kappa shape index (κ3) is 9.92. The summed E-state index contributed by atoms with van der Waals surface area (Å²) >= 11 is 0. The number of rotatable bonds is 10. The quantitative estimate of drug-likeness (QED) is 0.295. The van der Waals surface area contributed by atoms with Crippen molar-refractivity contribution in [2.75, 3.05) is 13.2 Å². The Kier molecular flexibility index (Phi) is 12.3. The van der Waals surface area contributed by atoms with Crippen molar-refractivity contribution in [2.24, 2.45) is 5.41 Å². The molecule has 13 heteroatoms. The van der Waals surface area contributed by atoms with Crippen LogP contribution in [-0.4, -0.2) is 94.6 Å². The van der Waals surface area contributed by atoms with Gasteiger partial charge >= 0.3 is 12.1 Å². The average Bonchev–Trinajstić information content (AvgIpc) is 3.34. The lowest BCUT2D eigenvalue weighted by atomic mass is 9.85.